The van der Waals surface area contributed by atoms with Crippen LogP contribution < -0.4 is 0 Å². The van der Waals surface area contributed by atoms with Crippen molar-refractivity contribution in [3.05, 3.63) is 48.0 Å². The summed E-state index contributed by atoms with van der Waals surface area (Å²) >= 11 is 0. The monoisotopic (exact) mass is 442 g/mol. The zero-order valence-corrected chi connectivity index (χ0v) is 18.2. The molecule has 0 heterocycles. The number of halogens is 2. The third-order valence-electron chi connectivity index (χ3n) is 7.72. The Morgan fingerprint density at radius 1 is 1.00 bits per heavy atom. The van der Waals surface area contributed by atoms with Crippen LogP contribution in [0.15, 0.2) is 42.5 Å². The predicted molar refractivity (Wildman–Crippen MR) is 115 cm³/mol. The molecule has 0 aliphatic heterocycles. The molecule has 4 aliphatic rings. The highest BCUT2D eigenvalue weighted by atomic mass is 19.3. The van der Waals surface area contributed by atoms with Gasteiger partial charge >= 0.3 is 17.9 Å². The van der Waals surface area contributed by atoms with Crippen molar-refractivity contribution >= 4 is 22.7 Å². The van der Waals surface area contributed by atoms with Crippen molar-refractivity contribution in [3.8, 4) is 0 Å². The van der Waals surface area contributed by atoms with E-state index in [4.69, 9.17) is 9.47 Å². The van der Waals surface area contributed by atoms with Gasteiger partial charge in [-0.2, -0.15) is 8.78 Å². The number of rotatable bonds is 6. The fraction of sp³-hybridized carbons (Fsp3) is 0.538. The molecule has 0 aromatic heterocycles. The maximum Gasteiger partial charge on any atom is 0.376 e. The van der Waals surface area contributed by atoms with Gasteiger partial charge in [-0.05, 0) is 66.7 Å². The highest BCUT2D eigenvalue weighted by Gasteiger charge is 2.61. The number of hydrogen-bond acceptors (Lipinski definition) is 4. The smallest absolute Gasteiger partial charge is 0.376 e. The maximum atomic E-state index is 13.4. The number of carbonyl (C=O) groups excluding carboxylic acids is 2. The first-order valence-corrected chi connectivity index (χ1v) is 11.4. The van der Waals surface area contributed by atoms with Gasteiger partial charge in [0.05, 0.1) is 12.0 Å². The zero-order chi connectivity index (χ0) is 22.6. The van der Waals surface area contributed by atoms with Crippen LogP contribution in [0.5, 0.6) is 0 Å². The van der Waals surface area contributed by atoms with Crippen molar-refractivity contribution in [1.29, 1.82) is 0 Å². The lowest BCUT2D eigenvalue weighted by Crippen LogP contribution is -2.57. The van der Waals surface area contributed by atoms with Gasteiger partial charge in [0.2, 0.25) is 0 Å². The first kappa shape index (κ1) is 21.4. The Hall–Kier alpha value is -2.50. The highest BCUT2D eigenvalue weighted by Crippen LogP contribution is 2.65. The lowest BCUT2D eigenvalue weighted by Gasteiger charge is -2.60. The molecule has 2 unspecified atom stereocenters. The molecule has 6 heteroatoms. The second-order valence-electron chi connectivity index (χ2n) is 10.4. The van der Waals surface area contributed by atoms with E-state index in [1.54, 1.807) is 0 Å². The van der Waals surface area contributed by atoms with Gasteiger partial charge in [-0.1, -0.05) is 42.5 Å². The van der Waals surface area contributed by atoms with Gasteiger partial charge in [-0.3, -0.25) is 4.79 Å². The normalized spacial score (nSPS) is 31.0. The van der Waals surface area contributed by atoms with Gasteiger partial charge < -0.3 is 9.47 Å². The minimum atomic E-state index is -3.50. The number of benzene rings is 2. The first-order chi connectivity index (χ1) is 15.2. The number of esters is 2. The average Bonchev–Trinajstić information content (AvgIpc) is 2.74. The molecule has 0 saturated heterocycles. The zero-order valence-electron chi connectivity index (χ0n) is 18.2. The molecule has 0 spiro atoms. The lowest BCUT2D eigenvalue weighted by molar-refractivity contribution is -0.195. The van der Waals surface area contributed by atoms with Gasteiger partial charge in [0.25, 0.3) is 0 Å². The summed E-state index contributed by atoms with van der Waals surface area (Å²) in [5, 5.41) is 2.17. The van der Waals surface area contributed by atoms with Crippen molar-refractivity contribution in [2.75, 3.05) is 6.61 Å². The second-order valence-corrected chi connectivity index (χ2v) is 10.4. The predicted octanol–water partition coefficient (Wildman–Crippen LogP) is 5.67. The third-order valence-corrected chi connectivity index (χ3v) is 7.72. The summed E-state index contributed by atoms with van der Waals surface area (Å²) in [5.74, 6) is -4.49. The fourth-order valence-corrected chi connectivity index (χ4v) is 6.92. The topological polar surface area (TPSA) is 52.6 Å². The number of hydrogen-bond donors (Lipinski definition) is 0. The van der Waals surface area contributed by atoms with Crippen LogP contribution in [0.2, 0.25) is 0 Å². The Kier molecular flexibility index (Phi) is 5.02. The van der Waals surface area contributed by atoms with Crippen molar-refractivity contribution in [1.82, 2.24) is 0 Å². The van der Waals surface area contributed by atoms with Crippen LogP contribution in [0.25, 0.3) is 10.8 Å². The Bertz CT molecular complexity index is 1040. The van der Waals surface area contributed by atoms with Crippen LogP contribution in [-0.2, 0) is 25.7 Å². The molecule has 2 aromatic rings. The van der Waals surface area contributed by atoms with Crippen LogP contribution in [-0.4, -0.2) is 24.5 Å². The van der Waals surface area contributed by atoms with E-state index in [9.17, 15) is 18.4 Å². The van der Waals surface area contributed by atoms with Crippen LogP contribution in [0.4, 0.5) is 8.78 Å². The highest BCUT2D eigenvalue weighted by molar-refractivity contribution is 5.86. The molecule has 4 saturated carbocycles. The van der Waals surface area contributed by atoms with Gasteiger partial charge in [0.1, 0.15) is 6.61 Å². The summed E-state index contributed by atoms with van der Waals surface area (Å²) in [6, 6.07) is 14.0. The molecule has 0 radical (unpaired) electrons. The standard InChI is InChI=1S/C26H28F2O4/c1-24(27,28)22(29)32-16-25-10-17-9-18(11-25)13-26(12-17,15-25)23(30)31-14-20-7-4-6-19-5-2-3-8-21(19)20/h2-8,17-18H,9-16H2,1H3. The molecule has 4 nitrogen and oxygen atoms in total. The molecule has 4 aliphatic carbocycles. The first-order valence-electron chi connectivity index (χ1n) is 11.4. The molecule has 170 valence electrons. The summed E-state index contributed by atoms with van der Waals surface area (Å²) in [4.78, 5) is 25.1. The van der Waals surface area contributed by atoms with Crippen molar-refractivity contribution in [2.45, 2.75) is 58.0 Å². The van der Waals surface area contributed by atoms with E-state index < -0.39 is 22.7 Å². The summed E-state index contributed by atoms with van der Waals surface area (Å²) in [6.45, 7) is 0.725. The molecular formula is C26H28F2O4. The Balaban J connectivity index is 1.32. The van der Waals surface area contributed by atoms with E-state index in [2.05, 4.69) is 0 Å². The van der Waals surface area contributed by atoms with E-state index in [-0.39, 0.29) is 19.2 Å². The van der Waals surface area contributed by atoms with Gasteiger partial charge in [-0.15, -0.1) is 0 Å². The van der Waals surface area contributed by atoms with Crippen LogP contribution in [0.3, 0.4) is 0 Å². The summed E-state index contributed by atoms with van der Waals surface area (Å²) in [5.41, 5.74) is -0.0331. The van der Waals surface area contributed by atoms with Crippen LogP contribution in [0.1, 0.15) is 51.0 Å². The number of ether oxygens (including phenoxy) is 2. The van der Waals surface area contributed by atoms with Gasteiger partial charge in [-0.25, -0.2) is 4.79 Å². The number of fused-ring (bicyclic) bond motifs is 1. The molecule has 6 rings (SSSR count). The molecular weight excluding hydrogens is 414 g/mol. The third kappa shape index (κ3) is 3.78. The van der Waals surface area contributed by atoms with E-state index >= 15 is 0 Å². The molecule has 4 fully saturated rings. The van der Waals surface area contributed by atoms with Crippen molar-refractivity contribution in [2.24, 2.45) is 22.7 Å². The molecule has 2 aromatic carbocycles. The summed E-state index contributed by atoms with van der Waals surface area (Å²) in [7, 11) is 0. The van der Waals surface area contributed by atoms with Crippen molar-refractivity contribution < 1.29 is 27.8 Å². The number of carbonyl (C=O) groups is 2. The molecule has 32 heavy (non-hydrogen) atoms. The van der Waals surface area contributed by atoms with E-state index in [1.165, 1.54) is 0 Å². The van der Waals surface area contributed by atoms with Crippen molar-refractivity contribution in [3.63, 3.8) is 0 Å². The Morgan fingerprint density at radius 2 is 1.69 bits per heavy atom. The van der Waals surface area contributed by atoms with Gasteiger partial charge in [0.15, 0.2) is 0 Å². The second kappa shape index (κ2) is 7.53. The van der Waals surface area contributed by atoms with E-state index in [0.29, 0.717) is 25.2 Å². The maximum absolute atomic E-state index is 13.4. The molecule has 0 N–H and O–H groups in total. The summed E-state index contributed by atoms with van der Waals surface area (Å²) < 4.78 is 37.5. The minimum absolute atomic E-state index is 0.0411. The Labute approximate surface area is 186 Å². The van der Waals surface area contributed by atoms with E-state index in [1.807, 2.05) is 42.5 Å². The molecule has 2 atom stereocenters. The average molecular weight is 443 g/mol. The summed E-state index contributed by atoms with van der Waals surface area (Å²) in [6.07, 6.45) is 4.80. The van der Waals surface area contributed by atoms with E-state index in [0.717, 1.165) is 48.4 Å². The lowest BCUT2D eigenvalue weighted by atomic mass is 9.44. The fourth-order valence-electron chi connectivity index (χ4n) is 6.92. The van der Waals surface area contributed by atoms with Gasteiger partial charge in [0, 0.05) is 12.3 Å². The molecule has 0 amide bonds. The minimum Gasteiger partial charge on any atom is -0.461 e. The SMILES string of the molecule is CC(F)(F)C(=O)OCC12CC3CC(C1)CC(C(=O)OCc1cccc4ccccc14)(C3)C2. The number of alkyl halides is 2. The largest absolute Gasteiger partial charge is 0.461 e. The Morgan fingerprint density at radius 3 is 2.41 bits per heavy atom. The van der Waals surface area contributed by atoms with Crippen LogP contribution >= 0.6 is 0 Å². The molecule has 4 bridgehead atoms. The quantitative estimate of drug-likeness (QED) is 0.541. The van der Waals surface area contributed by atoms with Crippen LogP contribution in [0, 0.1) is 22.7 Å².